The predicted octanol–water partition coefficient (Wildman–Crippen LogP) is 3.22. The SMILES string of the molecule is NC(=O)c1cc(NC(=O)c2cccc(Nc3ncccn3)c2)ccc1Cl. The van der Waals surface area contributed by atoms with Gasteiger partial charge in [-0.2, -0.15) is 0 Å². The van der Waals surface area contributed by atoms with Gasteiger partial charge in [0.25, 0.3) is 5.91 Å². The lowest BCUT2D eigenvalue weighted by Crippen LogP contribution is -2.15. The van der Waals surface area contributed by atoms with Crippen molar-refractivity contribution in [2.24, 2.45) is 5.73 Å². The first-order valence-corrected chi connectivity index (χ1v) is 7.95. The lowest BCUT2D eigenvalue weighted by Gasteiger charge is -2.09. The fourth-order valence-electron chi connectivity index (χ4n) is 2.23. The van der Waals surface area contributed by atoms with E-state index in [0.29, 0.717) is 22.9 Å². The molecular weight excluding hydrogens is 354 g/mol. The fraction of sp³-hybridized carbons (Fsp3) is 0. The van der Waals surface area contributed by atoms with Gasteiger partial charge in [-0.05, 0) is 42.5 Å². The zero-order valence-corrected chi connectivity index (χ0v) is 14.2. The molecule has 0 bridgehead atoms. The van der Waals surface area contributed by atoms with Gasteiger partial charge in [-0.3, -0.25) is 9.59 Å². The van der Waals surface area contributed by atoms with Crippen molar-refractivity contribution in [2.45, 2.75) is 0 Å². The average Bonchev–Trinajstić information content (AvgIpc) is 2.64. The van der Waals surface area contributed by atoms with Crippen LogP contribution in [0.15, 0.2) is 60.9 Å². The first-order chi connectivity index (χ1) is 12.5. The Morgan fingerprint density at radius 1 is 0.962 bits per heavy atom. The summed E-state index contributed by atoms with van der Waals surface area (Å²) in [5.74, 6) is -0.589. The van der Waals surface area contributed by atoms with E-state index in [2.05, 4.69) is 20.6 Å². The second kappa shape index (κ2) is 7.62. The van der Waals surface area contributed by atoms with Crippen LogP contribution >= 0.6 is 11.6 Å². The molecule has 1 aromatic heterocycles. The Balaban J connectivity index is 1.77. The van der Waals surface area contributed by atoms with Crippen LogP contribution in [0.1, 0.15) is 20.7 Å². The van der Waals surface area contributed by atoms with E-state index in [4.69, 9.17) is 17.3 Å². The molecule has 0 saturated heterocycles. The summed E-state index contributed by atoms with van der Waals surface area (Å²) < 4.78 is 0. The van der Waals surface area contributed by atoms with Crippen molar-refractivity contribution in [1.29, 1.82) is 0 Å². The summed E-state index contributed by atoms with van der Waals surface area (Å²) in [4.78, 5) is 32.0. The third-order valence-corrected chi connectivity index (χ3v) is 3.77. The lowest BCUT2D eigenvalue weighted by atomic mass is 10.1. The quantitative estimate of drug-likeness (QED) is 0.641. The van der Waals surface area contributed by atoms with Gasteiger partial charge in [0.1, 0.15) is 0 Å². The number of nitrogens with zero attached hydrogens (tertiary/aromatic N) is 2. The Bertz CT molecular complexity index is 963. The summed E-state index contributed by atoms with van der Waals surface area (Å²) in [7, 11) is 0. The number of nitrogens with one attached hydrogen (secondary N) is 2. The highest BCUT2D eigenvalue weighted by atomic mass is 35.5. The Morgan fingerprint density at radius 3 is 2.46 bits per heavy atom. The van der Waals surface area contributed by atoms with Gasteiger partial charge in [0, 0.05) is 29.3 Å². The predicted molar refractivity (Wildman–Crippen MR) is 99.7 cm³/mol. The highest BCUT2D eigenvalue weighted by Crippen LogP contribution is 2.21. The van der Waals surface area contributed by atoms with Gasteiger partial charge in [-0.1, -0.05) is 17.7 Å². The van der Waals surface area contributed by atoms with Crippen LogP contribution in [0, 0.1) is 0 Å². The van der Waals surface area contributed by atoms with E-state index in [1.54, 1.807) is 48.8 Å². The number of hydrogen-bond acceptors (Lipinski definition) is 5. The van der Waals surface area contributed by atoms with Gasteiger partial charge in [-0.15, -0.1) is 0 Å². The van der Waals surface area contributed by atoms with E-state index in [1.807, 2.05) is 0 Å². The van der Waals surface area contributed by atoms with Crippen molar-refractivity contribution in [3.05, 3.63) is 77.1 Å². The van der Waals surface area contributed by atoms with Crippen molar-refractivity contribution in [3.63, 3.8) is 0 Å². The number of rotatable bonds is 5. The topological polar surface area (TPSA) is 110 Å². The van der Waals surface area contributed by atoms with Crippen molar-refractivity contribution in [2.75, 3.05) is 10.6 Å². The van der Waals surface area contributed by atoms with Crippen molar-refractivity contribution in [3.8, 4) is 0 Å². The number of benzene rings is 2. The standard InChI is InChI=1S/C18H14ClN5O2/c19-15-6-5-13(10-14(15)16(20)25)23-17(26)11-3-1-4-12(9-11)24-18-21-7-2-8-22-18/h1-10H,(H2,20,25)(H,23,26)(H,21,22,24). The molecule has 4 N–H and O–H groups in total. The number of anilines is 3. The molecule has 0 aliphatic carbocycles. The van der Waals surface area contributed by atoms with Crippen molar-refractivity contribution >= 4 is 40.7 Å². The fourth-order valence-corrected chi connectivity index (χ4v) is 2.44. The average molecular weight is 368 g/mol. The molecule has 26 heavy (non-hydrogen) atoms. The summed E-state index contributed by atoms with van der Waals surface area (Å²) in [6, 6.07) is 13.1. The Labute approximate surface area is 154 Å². The summed E-state index contributed by atoms with van der Waals surface area (Å²) in [6.07, 6.45) is 3.23. The number of amides is 2. The molecule has 0 radical (unpaired) electrons. The van der Waals surface area contributed by atoms with Gasteiger partial charge in [0.15, 0.2) is 0 Å². The smallest absolute Gasteiger partial charge is 0.255 e. The maximum atomic E-state index is 12.5. The van der Waals surface area contributed by atoms with Crippen LogP contribution in [-0.2, 0) is 0 Å². The highest BCUT2D eigenvalue weighted by Gasteiger charge is 2.11. The minimum atomic E-state index is -0.667. The number of aromatic nitrogens is 2. The molecule has 130 valence electrons. The van der Waals surface area contributed by atoms with E-state index in [1.165, 1.54) is 12.1 Å². The van der Waals surface area contributed by atoms with Gasteiger partial charge in [0.05, 0.1) is 10.6 Å². The monoisotopic (exact) mass is 367 g/mol. The van der Waals surface area contributed by atoms with E-state index in [-0.39, 0.29) is 16.5 Å². The van der Waals surface area contributed by atoms with Crippen LogP contribution in [0.2, 0.25) is 5.02 Å². The van der Waals surface area contributed by atoms with Crippen LogP contribution in [0.25, 0.3) is 0 Å². The molecule has 0 aliphatic rings. The highest BCUT2D eigenvalue weighted by molar-refractivity contribution is 6.34. The Morgan fingerprint density at radius 2 is 1.73 bits per heavy atom. The van der Waals surface area contributed by atoms with E-state index >= 15 is 0 Å². The van der Waals surface area contributed by atoms with Gasteiger partial charge >= 0.3 is 0 Å². The number of nitrogens with two attached hydrogens (primary N) is 1. The molecule has 2 aromatic carbocycles. The summed E-state index contributed by atoms with van der Waals surface area (Å²) in [5, 5.41) is 5.95. The number of hydrogen-bond donors (Lipinski definition) is 3. The molecule has 2 amide bonds. The molecule has 3 rings (SSSR count). The Kier molecular flexibility index (Phi) is 5.09. The van der Waals surface area contributed by atoms with Crippen molar-refractivity contribution < 1.29 is 9.59 Å². The second-order valence-electron chi connectivity index (χ2n) is 5.29. The Hall–Kier alpha value is -3.45. The molecule has 0 fully saturated rings. The number of halogens is 1. The minimum absolute atomic E-state index is 0.140. The number of carbonyl (C=O) groups excluding carboxylic acids is 2. The molecule has 3 aromatic rings. The van der Waals surface area contributed by atoms with E-state index in [0.717, 1.165) is 0 Å². The third-order valence-electron chi connectivity index (χ3n) is 3.44. The number of carbonyl (C=O) groups is 2. The number of primary amides is 1. The zero-order chi connectivity index (χ0) is 18.5. The summed E-state index contributed by atoms with van der Waals surface area (Å²) in [6.45, 7) is 0. The molecule has 0 saturated carbocycles. The zero-order valence-electron chi connectivity index (χ0n) is 13.4. The van der Waals surface area contributed by atoms with Crippen LogP contribution < -0.4 is 16.4 Å². The molecule has 7 nitrogen and oxygen atoms in total. The van der Waals surface area contributed by atoms with Gasteiger partial charge in [0.2, 0.25) is 11.9 Å². The molecule has 0 aliphatic heterocycles. The molecular formula is C18H14ClN5O2. The molecule has 1 heterocycles. The molecule has 8 heteroatoms. The maximum absolute atomic E-state index is 12.5. The largest absolute Gasteiger partial charge is 0.366 e. The second-order valence-corrected chi connectivity index (χ2v) is 5.70. The third kappa shape index (κ3) is 4.14. The van der Waals surface area contributed by atoms with Crippen LogP contribution in [0.3, 0.4) is 0 Å². The van der Waals surface area contributed by atoms with Gasteiger partial charge < -0.3 is 16.4 Å². The van der Waals surface area contributed by atoms with E-state index in [9.17, 15) is 9.59 Å². The first kappa shape index (κ1) is 17.4. The van der Waals surface area contributed by atoms with E-state index < -0.39 is 5.91 Å². The molecule has 0 atom stereocenters. The normalized spacial score (nSPS) is 10.2. The molecule has 0 unspecified atom stereocenters. The van der Waals surface area contributed by atoms with Crippen molar-refractivity contribution in [1.82, 2.24) is 9.97 Å². The van der Waals surface area contributed by atoms with Crippen LogP contribution in [0.5, 0.6) is 0 Å². The molecule has 0 spiro atoms. The van der Waals surface area contributed by atoms with Crippen LogP contribution in [-0.4, -0.2) is 21.8 Å². The summed E-state index contributed by atoms with van der Waals surface area (Å²) in [5.41, 5.74) is 6.90. The first-order valence-electron chi connectivity index (χ1n) is 7.58. The van der Waals surface area contributed by atoms with Gasteiger partial charge in [-0.25, -0.2) is 9.97 Å². The lowest BCUT2D eigenvalue weighted by molar-refractivity contribution is 0.0996. The van der Waals surface area contributed by atoms with Crippen LogP contribution in [0.4, 0.5) is 17.3 Å². The summed E-state index contributed by atoms with van der Waals surface area (Å²) >= 11 is 5.91. The maximum Gasteiger partial charge on any atom is 0.255 e. The minimum Gasteiger partial charge on any atom is -0.366 e.